The number of phenols is 1. The highest BCUT2D eigenvalue weighted by molar-refractivity contribution is 7.16. The van der Waals surface area contributed by atoms with Crippen molar-refractivity contribution in [1.82, 2.24) is 4.98 Å². The van der Waals surface area contributed by atoms with Gasteiger partial charge in [0.2, 0.25) is 5.91 Å². The van der Waals surface area contributed by atoms with Crippen LogP contribution in [0, 0.1) is 12.8 Å². The first-order valence-corrected chi connectivity index (χ1v) is 7.39. The van der Waals surface area contributed by atoms with Crippen LogP contribution in [0.3, 0.4) is 0 Å². The lowest BCUT2D eigenvalue weighted by molar-refractivity contribution is -0.118. The van der Waals surface area contributed by atoms with Crippen LogP contribution in [-0.2, 0) is 4.79 Å². The van der Waals surface area contributed by atoms with Crippen LogP contribution < -0.4 is 10.1 Å². The number of phenolic OH excluding ortho intramolecular Hbond substituents is 1. The number of nitrogens with zero attached hydrogens (tertiary/aromatic N) is 1. The van der Waals surface area contributed by atoms with Gasteiger partial charge in [-0.1, -0.05) is 13.8 Å². The maximum atomic E-state index is 11.7. The van der Waals surface area contributed by atoms with Gasteiger partial charge in [-0.05, 0) is 19.1 Å². The second-order valence-electron chi connectivity index (χ2n) is 4.95. The van der Waals surface area contributed by atoms with Gasteiger partial charge < -0.3 is 15.2 Å². The van der Waals surface area contributed by atoms with E-state index in [-0.39, 0.29) is 17.6 Å². The fraction of sp³-hybridized carbons (Fsp3) is 0.333. The predicted molar refractivity (Wildman–Crippen MR) is 84.0 cm³/mol. The molecule has 21 heavy (non-hydrogen) atoms. The second kappa shape index (κ2) is 6.13. The highest BCUT2D eigenvalue weighted by Gasteiger charge is 2.16. The fourth-order valence-electron chi connectivity index (χ4n) is 1.83. The number of nitrogens with one attached hydrogen (secondary N) is 1. The standard InChI is InChI=1S/C15H18N2O3S/c1-8(2)14(19)17-15-16-13(9(3)21-15)11-6-5-10(18)7-12(11)20-4/h5-8,18H,1-4H3,(H,16,17,19). The van der Waals surface area contributed by atoms with E-state index in [1.54, 1.807) is 25.3 Å². The molecular weight excluding hydrogens is 288 g/mol. The van der Waals surface area contributed by atoms with Crippen molar-refractivity contribution in [3.63, 3.8) is 0 Å². The van der Waals surface area contributed by atoms with Crippen molar-refractivity contribution in [2.24, 2.45) is 5.92 Å². The van der Waals surface area contributed by atoms with Gasteiger partial charge in [0.1, 0.15) is 11.5 Å². The van der Waals surface area contributed by atoms with E-state index in [4.69, 9.17) is 4.74 Å². The summed E-state index contributed by atoms with van der Waals surface area (Å²) in [6.07, 6.45) is 0. The summed E-state index contributed by atoms with van der Waals surface area (Å²) in [5, 5.41) is 12.9. The molecule has 112 valence electrons. The number of hydrogen-bond donors (Lipinski definition) is 2. The number of anilines is 1. The van der Waals surface area contributed by atoms with Crippen molar-refractivity contribution in [2.75, 3.05) is 12.4 Å². The van der Waals surface area contributed by atoms with Crippen LogP contribution in [0.5, 0.6) is 11.5 Å². The summed E-state index contributed by atoms with van der Waals surface area (Å²) in [7, 11) is 1.54. The number of aromatic nitrogens is 1. The molecule has 0 aliphatic rings. The molecule has 0 bridgehead atoms. The third kappa shape index (κ3) is 3.33. The molecule has 5 nitrogen and oxygen atoms in total. The minimum Gasteiger partial charge on any atom is -0.508 e. The Morgan fingerprint density at radius 2 is 2.14 bits per heavy atom. The van der Waals surface area contributed by atoms with Crippen molar-refractivity contribution in [3.8, 4) is 22.8 Å². The average molecular weight is 306 g/mol. The summed E-state index contributed by atoms with van der Waals surface area (Å²) in [6, 6.07) is 4.88. The van der Waals surface area contributed by atoms with E-state index >= 15 is 0 Å². The lowest BCUT2D eigenvalue weighted by atomic mass is 10.1. The molecule has 1 aromatic carbocycles. The highest BCUT2D eigenvalue weighted by atomic mass is 32.1. The average Bonchev–Trinajstić information content (AvgIpc) is 2.79. The zero-order chi connectivity index (χ0) is 15.6. The minimum absolute atomic E-state index is 0.0621. The number of aromatic hydroxyl groups is 1. The molecule has 0 fully saturated rings. The molecule has 1 aromatic heterocycles. The van der Waals surface area contributed by atoms with Crippen LogP contribution in [0.2, 0.25) is 0 Å². The number of rotatable bonds is 4. The summed E-state index contributed by atoms with van der Waals surface area (Å²) in [5.74, 6) is 0.524. The molecule has 0 radical (unpaired) electrons. The number of hydrogen-bond acceptors (Lipinski definition) is 5. The quantitative estimate of drug-likeness (QED) is 0.908. The number of carbonyl (C=O) groups excluding carboxylic acids is 1. The first kappa shape index (κ1) is 15.3. The molecule has 0 aliphatic carbocycles. The summed E-state index contributed by atoms with van der Waals surface area (Å²) in [5.41, 5.74) is 1.53. The van der Waals surface area contributed by atoms with Crippen molar-refractivity contribution < 1.29 is 14.6 Å². The molecule has 0 atom stereocenters. The van der Waals surface area contributed by atoms with Gasteiger partial charge in [0.15, 0.2) is 5.13 Å². The SMILES string of the molecule is COc1cc(O)ccc1-c1nc(NC(=O)C(C)C)sc1C. The van der Waals surface area contributed by atoms with E-state index in [0.717, 1.165) is 16.1 Å². The molecule has 2 rings (SSSR count). The Balaban J connectivity index is 2.37. The molecule has 1 amide bonds. The second-order valence-corrected chi connectivity index (χ2v) is 6.16. The van der Waals surface area contributed by atoms with Crippen molar-refractivity contribution in [2.45, 2.75) is 20.8 Å². The predicted octanol–water partition coefficient (Wildman–Crippen LogP) is 3.43. The third-order valence-corrected chi connectivity index (χ3v) is 3.88. The lowest BCUT2D eigenvalue weighted by Crippen LogP contribution is -2.17. The minimum atomic E-state index is -0.0964. The molecule has 2 N–H and O–H groups in total. The normalized spacial score (nSPS) is 10.7. The molecule has 0 aliphatic heterocycles. The van der Waals surface area contributed by atoms with Gasteiger partial charge in [0.05, 0.1) is 12.8 Å². The van der Waals surface area contributed by atoms with Crippen LogP contribution in [0.1, 0.15) is 18.7 Å². The Morgan fingerprint density at radius 1 is 1.43 bits per heavy atom. The largest absolute Gasteiger partial charge is 0.508 e. The third-order valence-electron chi connectivity index (χ3n) is 2.99. The molecule has 2 aromatic rings. The smallest absolute Gasteiger partial charge is 0.228 e. The van der Waals surface area contributed by atoms with Crippen molar-refractivity contribution in [1.29, 1.82) is 0 Å². The molecule has 0 unspecified atom stereocenters. The van der Waals surface area contributed by atoms with E-state index in [2.05, 4.69) is 10.3 Å². The Hall–Kier alpha value is -2.08. The Bertz CT molecular complexity index is 665. The summed E-state index contributed by atoms with van der Waals surface area (Å²) < 4.78 is 5.28. The van der Waals surface area contributed by atoms with Gasteiger partial charge in [0, 0.05) is 22.4 Å². The zero-order valence-corrected chi connectivity index (χ0v) is 13.2. The number of amides is 1. The topological polar surface area (TPSA) is 71.5 Å². The van der Waals surface area contributed by atoms with Crippen molar-refractivity contribution in [3.05, 3.63) is 23.1 Å². The van der Waals surface area contributed by atoms with Crippen LogP contribution in [0.25, 0.3) is 11.3 Å². The molecule has 0 saturated carbocycles. The van der Waals surface area contributed by atoms with Crippen LogP contribution in [-0.4, -0.2) is 23.1 Å². The number of aryl methyl sites for hydroxylation is 1. The maximum Gasteiger partial charge on any atom is 0.228 e. The number of ether oxygens (including phenoxy) is 1. The summed E-state index contributed by atoms with van der Waals surface area (Å²) in [6.45, 7) is 5.60. The van der Waals surface area contributed by atoms with Crippen LogP contribution in [0.15, 0.2) is 18.2 Å². The number of thiazole rings is 1. The number of benzene rings is 1. The first-order valence-electron chi connectivity index (χ1n) is 6.58. The fourth-order valence-corrected chi connectivity index (χ4v) is 2.66. The molecular formula is C15H18N2O3S. The number of carbonyl (C=O) groups is 1. The molecule has 0 spiro atoms. The zero-order valence-electron chi connectivity index (χ0n) is 12.4. The van der Waals surface area contributed by atoms with Gasteiger partial charge in [0.25, 0.3) is 0 Å². The monoisotopic (exact) mass is 306 g/mol. The van der Waals surface area contributed by atoms with E-state index in [1.165, 1.54) is 11.3 Å². The van der Waals surface area contributed by atoms with Gasteiger partial charge in [-0.15, -0.1) is 11.3 Å². The van der Waals surface area contributed by atoms with Crippen LogP contribution in [0.4, 0.5) is 5.13 Å². The number of methoxy groups -OCH3 is 1. The highest BCUT2D eigenvalue weighted by Crippen LogP contribution is 2.37. The molecule has 1 heterocycles. The summed E-state index contributed by atoms with van der Waals surface area (Å²) >= 11 is 1.42. The van der Waals surface area contributed by atoms with Gasteiger partial charge in [-0.25, -0.2) is 4.98 Å². The van der Waals surface area contributed by atoms with E-state index < -0.39 is 0 Å². The lowest BCUT2D eigenvalue weighted by Gasteiger charge is -2.07. The Kier molecular flexibility index (Phi) is 4.47. The first-order chi connectivity index (χ1) is 9.92. The summed E-state index contributed by atoms with van der Waals surface area (Å²) in [4.78, 5) is 17.2. The van der Waals surface area contributed by atoms with E-state index in [9.17, 15) is 9.90 Å². The molecule has 6 heteroatoms. The van der Waals surface area contributed by atoms with Gasteiger partial charge >= 0.3 is 0 Å². The van der Waals surface area contributed by atoms with E-state index in [0.29, 0.717) is 10.9 Å². The molecule has 0 saturated heterocycles. The van der Waals surface area contributed by atoms with Crippen LogP contribution >= 0.6 is 11.3 Å². The van der Waals surface area contributed by atoms with Crippen molar-refractivity contribution >= 4 is 22.4 Å². The van der Waals surface area contributed by atoms with E-state index in [1.807, 2.05) is 20.8 Å². The Morgan fingerprint density at radius 3 is 2.76 bits per heavy atom. The van der Waals surface area contributed by atoms with Gasteiger partial charge in [-0.3, -0.25) is 4.79 Å². The maximum absolute atomic E-state index is 11.7. The Labute approximate surface area is 127 Å². The van der Waals surface area contributed by atoms with Gasteiger partial charge in [-0.2, -0.15) is 0 Å².